The van der Waals surface area contributed by atoms with E-state index < -0.39 is 14.9 Å². The maximum absolute atomic E-state index is 13.7. The Balaban J connectivity index is 1.02. The summed E-state index contributed by atoms with van der Waals surface area (Å²) in [5.41, 5.74) is 3.98. The van der Waals surface area contributed by atoms with Gasteiger partial charge in [-0.25, -0.2) is 23.4 Å². The highest BCUT2D eigenvalue weighted by Gasteiger charge is 2.25. The lowest BCUT2D eigenvalue weighted by atomic mass is 9.99. The average molecular weight is 838 g/mol. The van der Waals surface area contributed by atoms with E-state index in [2.05, 4.69) is 64.0 Å². The minimum absolute atomic E-state index is 0.0276. The van der Waals surface area contributed by atoms with Crippen molar-refractivity contribution in [2.75, 3.05) is 67.5 Å². The Morgan fingerprint density at radius 2 is 1.66 bits per heavy atom. The molecule has 2 N–H and O–H groups in total. The van der Waals surface area contributed by atoms with Crippen LogP contribution in [0.1, 0.15) is 12.0 Å². The van der Waals surface area contributed by atoms with E-state index >= 15 is 0 Å². The number of pyridine rings is 1. The van der Waals surface area contributed by atoms with Crippen LogP contribution in [0.2, 0.25) is 5.02 Å². The summed E-state index contributed by atoms with van der Waals surface area (Å²) in [4.78, 5) is 32.5. The van der Waals surface area contributed by atoms with E-state index in [9.17, 15) is 18.5 Å². The molecule has 1 saturated heterocycles. The predicted molar refractivity (Wildman–Crippen MR) is 233 cm³/mol. The van der Waals surface area contributed by atoms with Crippen molar-refractivity contribution in [3.8, 4) is 11.1 Å². The van der Waals surface area contributed by atoms with Crippen LogP contribution in [0.25, 0.3) is 22.0 Å². The van der Waals surface area contributed by atoms with Crippen LogP contribution >= 0.6 is 23.4 Å². The summed E-state index contributed by atoms with van der Waals surface area (Å²) < 4.78 is 30.0. The fraction of sp³-hybridized carbons (Fsp3) is 0.262. The van der Waals surface area contributed by atoms with Crippen molar-refractivity contribution in [2.45, 2.75) is 28.8 Å². The molecule has 1 aliphatic heterocycles. The number of nitro benzene ring substituents is 1. The highest BCUT2D eigenvalue weighted by molar-refractivity contribution is 7.99. The van der Waals surface area contributed by atoms with Crippen LogP contribution in [0.4, 0.5) is 23.0 Å². The van der Waals surface area contributed by atoms with Gasteiger partial charge in [0.1, 0.15) is 17.8 Å². The number of piperazine rings is 1. The number of nitro groups is 1. The number of sulfonamides is 1. The first-order valence-corrected chi connectivity index (χ1v) is 21.7. The largest absolute Gasteiger partial charge is 0.376 e. The highest BCUT2D eigenvalue weighted by atomic mass is 35.5. The molecule has 0 spiro atoms. The second-order valence-corrected chi connectivity index (χ2v) is 17.5. The first kappa shape index (κ1) is 40.9. The van der Waals surface area contributed by atoms with E-state index in [1.165, 1.54) is 29.6 Å². The lowest BCUT2D eigenvalue weighted by Gasteiger charge is -2.35. The Hall–Kier alpha value is -5.32. The van der Waals surface area contributed by atoms with E-state index in [1.807, 2.05) is 74.8 Å². The Bertz CT molecular complexity index is 2470. The SMILES string of the molecule is CN(C)CC[C@H](CSc1ccccc1)Nc1ccc(S(=O)(=O)Nc2ncnc3cc(N4CCN(Cc5ccccc5-c5ccc(Cl)cc5)CC4)ncc23)cc1[N+](=O)[O-]. The summed E-state index contributed by atoms with van der Waals surface area (Å²) in [6.07, 6.45) is 3.57. The minimum Gasteiger partial charge on any atom is -0.376 e. The van der Waals surface area contributed by atoms with E-state index in [0.29, 0.717) is 21.7 Å². The number of aromatic nitrogens is 3. The maximum Gasteiger partial charge on any atom is 0.293 e. The van der Waals surface area contributed by atoms with Gasteiger partial charge in [0.05, 0.1) is 20.7 Å². The zero-order valence-electron chi connectivity index (χ0n) is 32.2. The monoisotopic (exact) mass is 837 g/mol. The third kappa shape index (κ3) is 10.2. The number of anilines is 3. The van der Waals surface area contributed by atoms with Crippen LogP contribution in [-0.2, 0) is 16.6 Å². The normalized spacial score (nSPS) is 14.1. The topological polar surface area (TPSA) is 150 Å². The number of nitrogens with zero attached hydrogens (tertiary/aromatic N) is 7. The molecule has 4 aromatic carbocycles. The molecule has 0 aliphatic carbocycles. The summed E-state index contributed by atoms with van der Waals surface area (Å²) in [6.45, 7) is 4.72. The van der Waals surface area contributed by atoms with Crippen LogP contribution in [0.5, 0.6) is 0 Å². The second-order valence-electron chi connectivity index (χ2n) is 14.3. The zero-order chi connectivity index (χ0) is 40.6. The molecule has 1 fully saturated rings. The van der Waals surface area contributed by atoms with Gasteiger partial charge in [0.2, 0.25) is 0 Å². The number of rotatable bonds is 16. The Labute approximate surface area is 347 Å². The molecular weight excluding hydrogens is 794 g/mol. The van der Waals surface area contributed by atoms with Crippen molar-refractivity contribution in [1.29, 1.82) is 0 Å². The van der Waals surface area contributed by atoms with E-state index in [4.69, 9.17) is 11.6 Å². The zero-order valence-corrected chi connectivity index (χ0v) is 34.6. The summed E-state index contributed by atoms with van der Waals surface area (Å²) in [7, 11) is -0.346. The molecule has 0 bridgehead atoms. The molecule has 0 saturated carbocycles. The van der Waals surface area contributed by atoms with Crippen molar-refractivity contribution in [1.82, 2.24) is 24.8 Å². The molecule has 0 radical (unpaired) electrons. The van der Waals surface area contributed by atoms with Gasteiger partial charge >= 0.3 is 0 Å². The third-order valence-electron chi connectivity index (χ3n) is 9.96. The lowest BCUT2D eigenvalue weighted by Crippen LogP contribution is -2.46. The fourth-order valence-corrected chi connectivity index (χ4v) is 8.99. The van der Waals surface area contributed by atoms with Crippen LogP contribution in [0, 0.1) is 10.1 Å². The quantitative estimate of drug-likeness (QED) is 0.0555. The maximum atomic E-state index is 13.7. The summed E-state index contributed by atoms with van der Waals surface area (Å²) >= 11 is 7.79. The van der Waals surface area contributed by atoms with Crippen molar-refractivity contribution in [2.24, 2.45) is 0 Å². The molecule has 300 valence electrons. The van der Waals surface area contributed by atoms with Crippen molar-refractivity contribution < 1.29 is 13.3 Å². The summed E-state index contributed by atoms with van der Waals surface area (Å²) in [5, 5.41) is 16.7. The number of fused-ring (bicyclic) bond motifs is 1. The van der Waals surface area contributed by atoms with Gasteiger partial charge in [-0.1, -0.05) is 66.2 Å². The molecule has 1 atom stereocenters. The standard InChI is InChI=1S/C42H44ClN9O4S2/c1-49(2)19-18-33(28-57-34-9-4-3-5-10-34)47-38-17-16-35(24-40(38)52(53)54)58(55,56)48-42-37-26-44-41(25-39(37)45-29-46-42)51-22-20-50(21-23-51)27-31-8-6-7-11-36(31)30-12-14-32(43)15-13-30/h3-17,24-26,29,33,47H,18-23,27-28H2,1-2H3,(H,45,46,48)/t33-/m1/s1. The summed E-state index contributed by atoms with van der Waals surface area (Å²) in [6, 6.07) is 31.9. The smallest absolute Gasteiger partial charge is 0.293 e. The molecule has 0 amide bonds. The summed E-state index contributed by atoms with van der Waals surface area (Å²) in [5.74, 6) is 1.41. The number of hydrogen-bond acceptors (Lipinski definition) is 12. The van der Waals surface area contributed by atoms with Crippen LogP contribution in [-0.4, -0.2) is 96.7 Å². The highest BCUT2D eigenvalue weighted by Crippen LogP contribution is 2.32. The first-order valence-electron chi connectivity index (χ1n) is 18.8. The van der Waals surface area contributed by atoms with Gasteiger partial charge < -0.3 is 15.1 Å². The Morgan fingerprint density at radius 1 is 0.914 bits per heavy atom. The van der Waals surface area contributed by atoms with Gasteiger partial charge in [-0.3, -0.25) is 19.7 Å². The van der Waals surface area contributed by atoms with E-state index in [0.717, 1.165) is 68.0 Å². The molecule has 58 heavy (non-hydrogen) atoms. The van der Waals surface area contributed by atoms with Gasteiger partial charge in [-0.15, -0.1) is 11.8 Å². The predicted octanol–water partition coefficient (Wildman–Crippen LogP) is 7.90. The molecule has 2 aromatic heterocycles. The minimum atomic E-state index is -4.29. The van der Waals surface area contributed by atoms with Gasteiger partial charge in [0, 0.05) is 72.8 Å². The van der Waals surface area contributed by atoms with Crippen LogP contribution < -0.4 is 14.9 Å². The molecule has 0 unspecified atom stereocenters. The molecule has 1 aliphatic rings. The number of nitrogens with one attached hydrogen (secondary N) is 2. The molecule has 7 rings (SSSR count). The van der Waals surface area contributed by atoms with Crippen molar-refractivity contribution >= 4 is 67.3 Å². The lowest BCUT2D eigenvalue weighted by molar-refractivity contribution is -0.384. The fourth-order valence-electron chi connectivity index (χ4n) is 6.82. The first-order chi connectivity index (χ1) is 28.0. The molecule has 16 heteroatoms. The Morgan fingerprint density at radius 3 is 2.40 bits per heavy atom. The second kappa shape index (κ2) is 18.5. The number of benzene rings is 4. The molecule has 3 heterocycles. The third-order valence-corrected chi connectivity index (χ3v) is 12.7. The molecule has 13 nitrogen and oxygen atoms in total. The van der Waals surface area contributed by atoms with Gasteiger partial charge in [0.15, 0.2) is 5.82 Å². The number of thioether (sulfide) groups is 1. The molecule has 6 aromatic rings. The van der Waals surface area contributed by atoms with Gasteiger partial charge in [-0.2, -0.15) is 0 Å². The average Bonchev–Trinajstić information content (AvgIpc) is 3.23. The van der Waals surface area contributed by atoms with Crippen molar-refractivity contribution in [3.63, 3.8) is 0 Å². The van der Waals surface area contributed by atoms with Crippen molar-refractivity contribution in [3.05, 3.63) is 136 Å². The van der Waals surface area contributed by atoms with Gasteiger partial charge in [0.25, 0.3) is 15.7 Å². The number of hydrogen-bond donors (Lipinski definition) is 2. The van der Waals surface area contributed by atoms with E-state index in [-0.39, 0.29) is 28.1 Å². The Kier molecular flexibility index (Phi) is 13.0. The molecular formula is C42H44ClN9O4S2. The number of halogens is 1. The van der Waals surface area contributed by atoms with Crippen LogP contribution in [0.3, 0.4) is 0 Å². The van der Waals surface area contributed by atoms with Gasteiger partial charge in [-0.05, 0) is 80.1 Å². The van der Waals surface area contributed by atoms with E-state index in [1.54, 1.807) is 18.0 Å². The van der Waals surface area contributed by atoms with Crippen LogP contribution in [0.15, 0.2) is 125 Å².